The molecule has 0 aromatic rings. The molecule has 2 unspecified atom stereocenters. The minimum absolute atomic E-state index is 0.571. The van der Waals surface area contributed by atoms with Gasteiger partial charge in [0.05, 0.1) is 12.7 Å². The van der Waals surface area contributed by atoms with Gasteiger partial charge in [0, 0.05) is 0 Å². The van der Waals surface area contributed by atoms with Gasteiger partial charge in [-0.1, -0.05) is 52.4 Å². The molecule has 0 N–H and O–H groups in total. The molecule has 1 saturated carbocycles. The van der Waals surface area contributed by atoms with E-state index in [9.17, 15) is 0 Å². The highest BCUT2D eigenvalue weighted by Gasteiger charge is 2.30. The number of hydrogen-bond donors (Lipinski definition) is 0. The van der Waals surface area contributed by atoms with Crippen molar-refractivity contribution in [1.29, 1.82) is 0 Å². The maximum absolute atomic E-state index is 6.00. The van der Waals surface area contributed by atoms with Gasteiger partial charge in [-0.15, -0.1) is 0 Å². The minimum atomic E-state index is 0.571. The standard InChI is InChI=1S/C18H34O/c1-3-5-6-7-15-8-10-16(11-9-15)17-12-13-18(4-2)19-14-17/h15-18H,3-14H2,1-2H3. The Hall–Kier alpha value is -0.0400. The average molecular weight is 266 g/mol. The highest BCUT2D eigenvalue weighted by molar-refractivity contribution is 4.81. The van der Waals surface area contributed by atoms with Gasteiger partial charge in [0.25, 0.3) is 0 Å². The normalized spacial score (nSPS) is 36.3. The van der Waals surface area contributed by atoms with Crippen LogP contribution in [-0.2, 0) is 4.74 Å². The predicted molar refractivity (Wildman–Crippen MR) is 82.3 cm³/mol. The maximum Gasteiger partial charge on any atom is 0.0572 e. The van der Waals surface area contributed by atoms with E-state index in [0.717, 1.165) is 24.4 Å². The predicted octanol–water partition coefficient (Wildman–Crippen LogP) is 5.58. The molecule has 2 rings (SSSR count). The second-order valence-corrected chi connectivity index (χ2v) is 6.98. The Bertz CT molecular complexity index is 222. The number of unbranched alkanes of at least 4 members (excludes halogenated alkanes) is 2. The molecule has 1 aliphatic heterocycles. The molecule has 0 radical (unpaired) electrons. The molecule has 0 spiro atoms. The Labute approximate surface area is 120 Å². The van der Waals surface area contributed by atoms with Crippen LogP contribution in [0.1, 0.15) is 84.5 Å². The van der Waals surface area contributed by atoms with Crippen LogP contribution in [0.2, 0.25) is 0 Å². The fourth-order valence-electron chi connectivity index (χ4n) is 4.15. The summed E-state index contributed by atoms with van der Waals surface area (Å²) in [5.41, 5.74) is 0. The van der Waals surface area contributed by atoms with E-state index in [0.29, 0.717) is 6.10 Å². The van der Waals surface area contributed by atoms with Crippen molar-refractivity contribution in [1.82, 2.24) is 0 Å². The lowest BCUT2D eigenvalue weighted by Gasteiger charge is -2.37. The molecule has 1 heteroatoms. The molecule has 0 bridgehead atoms. The van der Waals surface area contributed by atoms with Crippen LogP contribution in [0.3, 0.4) is 0 Å². The summed E-state index contributed by atoms with van der Waals surface area (Å²) < 4.78 is 6.00. The zero-order valence-corrected chi connectivity index (χ0v) is 13.2. The highest BCUT2D eigenvalue weighted by atomic mass is 16.5. The second kappa shape index (κ2) is 8.29. The fourth-order valence-corrected chi connectivity index (χ4v) is 4.15. The van der Waals surface area contributed by atoms with E-state index in [1.54, 1.807) is 0 Å². The topological polar surface area (TPSA) is 9.23 Å². The first-order valence-corrected chi connectivity index (χ1v) is 8.95. The number of hydrogen-bond acceptors (Lipinski definition) is 1. The monoisotopic (exact) mass is 266 g/mol. The zero-order chi connectivity index (χ0) is 13.5. The van der Waals surface area contributed by atoms with Crippen LogP contribution in [0.5, 0.6) is 0 Å². The van der Waals surface area contributed by atoms with Gasteiger partial charge < -0.3 is 4.74 Å². The van der Waals surface area contributed by atoms with E-state index in [1.165, 1.54) is 70.6 Å². The van der Waals surface area contributed by atoms with Crippen molar-refractivity contribution in [2.24, 2.45) is 17.8 Å². The Morgan fingerprint density at radius 2 is 1.58 bits per heavy atom. The van der Waals surface area contributed by atoms with Crippen LogP contribution in [0.25, 0.3) is 0 Å². The van der Waals surface area contributed by atoms with Crippen LogP contribution in [0.4, 0.5) is 0 Å². The summed E-state index contributed by atoms with van der Waals surface area (Å²) >= 11 is 0. The van der Waals surface area contributed by atoms with Gasteiger partial charge in [0.1, 0.15) is 0 Å². The van der Waals surface area contributed by atoms with Crippen molar-refractivity contribution >= 4 is 0 Å². The van der Waals surface area contributed by atoms with Crippen molar-refractivity contribution in [2.45, 2.75) is 90.6 Å². The third kappa shape index (κ3) is 4.77. The molecule has 112 valence electrons. The van der Waals surface area contributed by atoms with Crippen LogP contribution < -0.4 is 0 Å². The molecule has 2 aliphatic rings. The first-order chi connectivity index (χ1) is 9.33. The van der Waals surface area contributed by atoms with E-state index < -0.39 is 0 Å². The molecular formula is C18H34O. The highest BCUT2D eigenvalue weighted by Crippen LogP contribution is 2.39. The largest absolute Gasteiger partial charge is 0.378 e. The van der Waals surface area contributed by atoms with E-state index >= 15 is 0 Å². The lowest BCUT2D eigenvalue weighted by molar-refractivity contribution is -0.0399. The lowest BCUT2D eigenvalue weighted by atomic mass is 9.73. The SMILES string of the molecule is CCCCCC1CCC(C2CCC(CC)OC2)CC1. The molecular weight excluding hydrogens is 232 g/mol. The third-order valence-corrected chi connectivity index (χ3v) is 5.63. The molecule has 2 fully saturated rings. The molecule has 1 heterocycles. The molecule has 2 atom stereocenters. The molecule has 19 heavy (non-hydrogen) atoms. The van der Waals surface area contributed by atoms with E-state index in [2.05, 4.69) is 13.8 Å². The van der Waals surface area contributed by atoms with Gasteiger partial charge in [0.2, 0.25) is 0 Å². The Morgan fingerprint density at radius 3 is 2.16 bits per heavy atom. The van der Waals surface area contributed by atoms with Gasteiger partial charge in [-0.05, 0) is 49.9 Å². The van der Waals surface area contributed by atoms with Crippen LogP contribution in [0, 0.1) is 17.8 Å². The Morgan fingerprint density at radius 1 is 0.842 bits per heavy atom. The Kier molecular flexibility index (Phi) is 6.70. The van der Waals surface area contributed by atoms with Gasteiger partial charge in [-0.3, -0.25) is 0 Å². The summed E-state index contributed by atoms with van der Waals surface area (Å²) in [6.45, 7) is 5.62. The van der Waals surface area contributed by atoms with Gasteiger partial charge >= 0.3 is 0 Å². The summed E-state index contributed by atoms with van der Waals surface area (Å²) in [5.74, 6) is 2.93. The summed E-state index contributed by atoms with van der Waals surface area (Å²) in [4.78, 5) is 0. The van der Waals surface area contributed by atoms with Crippen LogP contribution >= 0.6 is 0 Å². The number of ether oxygens (including phenoxy) is 1. The van der Waals surface area contributed by atoms with Crippen molar-refractivity contribution in [3.05, 3.63) is 0 Å². The minimum Gasteiger partial charge on any atom is -0.378 e. The van der Waals surface area contributed by atoms with Gasteiger partial charge in [-0.25, -0.2) is 0 Å². The lowest BCUT2D eigenvalue weighted by Crippen LogP contribution is -2.32. The quantitative estimate of drug-likeness (QED) is 0.570. The summed E-state index contributed by atoms with van der Waals surface area (Å²) in [6.07, 6.45) is 16.3. The smallest absolute Gasteiger partial charge is 0.0572 e. The molecule has 0 aromatic carbocycles. The first kappa shape index (κ1) is 15.4. The van der Waals surface area contributed by atoms with Crippen molar-refractivity contribution < 1.29 is 4.74 Å². The third-order valence-electron chi connectivity index (χ3n) is 5.63. The summed E-state index contributed by atoms with van der Waals surface area (Å²) in [6, 6.07) is 0. The van der Waals surface area contributed by atoms with Gasteiger partial charge in [0.15, 0.2) is 0 Å². The Balaban J connectivity index is 1.63. The van der Waals surface area contributed by atoms with Crippen molar-refractivity contribution in [3.63, 3.8) is 0 Å². The molecule has 1 nitrogen and oxygen atoms in total. The summed E-state index contributed by atoms with van der Waals surface area (Å²) in [5, 5.41) is 0. The van der Waals surface area contributed by atoms with Crippen LogP contribution in [0.15, 0.2) is 0 Å². The van der Waals surface area contributed by atoms with E-state index in [4.69, 9.17) is 4.74 Å². The van der Waals surface area contributed by atoms with Crippen molar-refractivity contribution in [2.75, 3.05) is 6.61 Å². The van der Waals surface area contributed by atoms with E-state index in [1.807, 2.05) is 0 Å². The van der Waals surface area contributed by atoms with Crippen LogP contribution in [-0.4, -0.2) is 12.7 Å². The number of rotatable bonds is 6. The zero-order valence-electron chi connectivity index (χ0n) is 13.2. The molecule has 0 aromatic heterocycles. The van der Waals surface area contributed by atoms with E-state index in [-0.39, 0.29) is 0 Å². The molecule has 1 aliphatic carbocycles. The molecule has 0 amide bonds. The first-order valence-electron chi connectivity index (χ1n) is 8.95. The second-order valence-electron chi connectivity index (χ2n) is 6.98. The molecule has 1 saturated heterocycles. The fraction of sp³-hybridized carbons (Fsp3) is 1.00. The maximum atomic E-state index is 6.00. The van der Waals surface area contributed by atoms with Crippen molar-refractivity contribution in [3.8, 4) is 0 Å². The average Bonchev–Trinajstić information content (AvgIpc) is 2.48. The van der Waals surface area contributed by atoms with Gasteiger partial charge in [-0.2, -0.15) is 0 Å². The summed E-state index contributed by atoms with van der Waals surface area (Å²) in [7, 11) is 0.